The van der Waals surface area contributed by atoms with Gasteiger partial charge >= 0.3 is 0 Å². The van der Waals surface area contributed by atoms with E-state index in [4.69, 9.17) is 0 Å². The largest absolute Gasteiger partial charge is 0.313 e. The third-order valence-electron chi connectivity index (χ3n) is 3.97. The number of nitrogens with one attached hydrogen (secondary N) is 1. The Hall–Kier alpha value is -0.710. The number of hydrogen-bond acceptors (Lipinski definition) is 3. The first-order valence-corrected chi connectivity index (χ1v) is 9.26. The Kier molecular flexibility index (Phi) is 6.70. The van der Waals surface area contributed by atoms with E-state index in [9.17, 15) is 4.21 Å². The van der Waals surface area contributed by atoms with Crippen molar-refractivity contribution in [2.24, 2.45) is 0 Å². The molecule has 1 unspecified atom stereocenters. The van der Waals surface area contributed by atoms with Gasteiger partial charge in [0.15, 0.2) is 0 Å². The third kappa shape index (κ3) is 5.73. The van der Waals surface area contributed by atoms with Crippen LogP contribution >= 0.6 is 0 Å². The molecule has 112 valence electrons. The fourth-order valence-electron chi connectivity index (χ4n) is 2.70. The van der Waals surface area contributed by atoms with Gasteiger partial charge in [0.1, 0.15) is 0 Å². The lowest BCUT2D eigenvalue weighted by molar-refractivity contribution is 0.201. The summed E-state index contributed by atoms with van der Waals surface area (Å²) in [6.07, 6.45) is 5.35. The van der Waals surface area contributed by atoms with Crippen LogP contribution in [0.5, 0.6) is 0 Å². The summed E-state index contributed by atoms with van der Waals surface area (Å²) in [5, 5.41) is 3.53. The SMILES string of the molecule is CS(=O)CCNC1CCN(CCc2ccccc2)CC1. The van der Waals surface area contributed by atoms with Gasteiger partial charge in [0.05, 0.1) is 0 Å². The first kappa shape index (κ1) is 15.7. The van der Waals surface area contributed by atoms with Gasteiger partial charge in [0, 0.05) is 41.9 Å². The average Bonchev–Trinajstić information content (AvgIpc) is 2.47. The second-order valence-electron chi connectivity index (χ2n) is 5.58. The summed E-state index contributed by atoms with van der Waals surface area (Å²) in [5.74, 6) is 0.772. The predicted molar refractivity (Wildman–Crippen MR) is 86.5 cm³/mol. The van der Waals surface area contributed by atoms with E-state index < -0.39 is 10.8 Å². The summed E-state index contributed by atoms with van der Waals surface area (Å²) in [4.78, 5) is 2.56. The maximum atomic E-state index is 11.0. The number of nitrogens with zero attached hydrogens (tertiary/aromatic N) is 1. The molecule has 1 aromatic rings. The van der Waals surface area contributed by atoms with Crippen molar-refractivity contribution in [3.63, 3.8) is 0 Å². The molecular formula is C16H26N2OS. The van der Waals surface area contributed by atoms with Gasteiger partial charge in [0.2, 0.25) is 0 Å². The number of rotatable bonds is 7. The standard InChI is InChI=1S/C16H26N2OS/c1-20(19)14-10-17-16-8-12-18(13-9-16)11-7-15-5-3-2-4-6-15/h2-6,16-17H,7-14H2,1H3. The minimum absolute atomic E-state index is 0.617. The van der Waals surface area contributed by atoms with Gasteiger partial charge in [-0.15, -0.1) is 0 Å². The monoisotopic (exact) mass is 294 g/mol. The van der Waals surface area contributed by atoms with Gasteiger partial charge in [-0.1, -0.05) is 30.3 Å². The molecule has 0 spiro atoms. The zero-order valence-corrected chi connectivity index (χ0v) is 13.2. The molecular weight excluding hydrogens is 268 g/mol. The molecule has 0 bridgehead atoms. The molecule has 1 aliphatic rings. The maximum absolute atomic E-state index is 11.0. The molecule has 0 aliphatic carbocycles. The summed E-state index contributed by atoms with van der Waals surface area (Å²) >= 11 is 0. The number of hydrogen-bond donors (Lipinski definition) is 1. The molecule has 1 aliphatic heterocycles. The van der Waals surface area contributed by atoms with Crippen LogP contribution in [0, 0.1) is 0 Å². The van der Waals surface area contributed by atoms with Crippen LogP contribution in [0.1, 0.15) is 18.4 Å². The molecule has 1 aromatic carbocycles. The lowest BCUT2D eigenvalue weighted by atomic mass is 10.0. The number of benzene rings is 1. The van der Waals surface area contributed by atoms with Crippen LogP contribution in [0.25, 0.3) is 0 Å². The molecule has 2 rings (SSSR count). The molecule has 0 saturated carbocycles. The lowest BCUT2D eigenvalue weighted by Gasteiger charge is -2.32. The van der Waals surface area contributed by atoms with Crippen molar-refractivity contribution in [3.8, 4) is 0 Å². The summed E-state index contributed by atoms with van der Waals surface area (Å²) in [6, 6.07) is 11.3. The van der Waals surface area contributed by atoms with Gasteiger partial charge in [-0.05, 0) is 37.9 Å². The van der Waals surface area contributed by atoms with Gasteiger partial charge in [-0.2, -0.15) is 0 Å². The molecule has 3 nitrogen and oxygen atoms in total. The van der Waals surface area contributed by atoms with Crippen molar-refractivity contribution in [1.29, 1.82) is 0 Å². The first-order valence-electron chi connectivity index (χ1n) is 7.54. The van der Waals surface area contributed by atoms with E-state index in [0.717, 1.165) is 25.3 Å². The minimum atomic E-state index is -0.674. The third-order valence-corrected chi connectivity index (χ3v) is 4.75. The molecule has 0 aromatic heterocycles. The molecule has 1 heterocycles. The topological polar surface area (TPSA) is 32.3 Å². The van der Waals surface area contributed by atoms with E-state index >= 15 is 0 Å². The summed E-state index contributed by atoms with van der Waals surface area (Å²) in [5.41, 5.74) is 1.43. The van der Waals surface area contributed by atoms with Crippen LogP contribution in [-0.4, -0.2) is 53.3 Å². The Morgan fingerprint density at radius 3 is 2.60 bits per heavy atom. The van der Waals surface area contributed by atoms with Crippen molar-refractivity contribution in [2.45, 2.75) is 25.3 Å². The molecule has 1 N–H and O–H groups in total. The highest BCUT2D eigenvalue weighted by Gasteiger charge is 2.18. The zero-order chi connectivity index (χ0) is 14.2. The maximum Gasteiger partial charge on any atom is 0.0357 e. The Morgan fingerprint density at radius 1 is 1.25 bits per heavy atom. The average molecular weight is 294 g/mol. The fraction of sp³-hybridized carbons (Fsp3) is 0.625. The zero-order valence-electron chi connectivity index (χ0n) is 12.4. The summed E-state index contributed by atoms with van der Waals surface area (Å²) in [7, 11) is -0.674. The Bertz CT molecular complexity index is 402. The molecule has 1 atom stereocenters. The Morgan fingerprint density at radius 2 is 1.95 bits per heavy atom. The minimum Gasteiger partial charge on any atom is -0.313 e. The van der Waals surface area contributed by atoms with E-state index in [-0.39, 0.29) is 0 Å². The van der Waals surface area contributed by atoms with Crippen molar-refractivity contribution in [1.82, 2.24) is 10.2 Å². The quantitative estimate of drug-likeness (QED) is 0.830. The van der Waals surface area contributed by atoms with Gasteiger partial charge in [-0.3, -0.25) is 4.21 Å². The smallest absolute Gasteiger partial charge is 0.0357 e. The van der Waals surface area contributed by atoms with E-state index in [1.54, 1.807) is 6.26 Å². The van der Waals surface area contributed by atoms with Crippen LogP contribution in [0.2, 0.25) is 0 Å². The van der Waals surface area contributed by atoms with E-state index in [0.29, 0.717) is 6.04 Å². The normalized spacial score (nSPS) is 19.1. The molecule has 20 heavy (non-hydrogen) atoms. The molecule has 0 amide bonds. The Labute approximate surface area is 125 Å². The Balaban J connectivity index is 1.61. The predicted octanol–water partition coefficient (Wildman–Crippen LogP) is 1.66. The molecule has 4 heteroatoms. The fourth-order valence-corrected chi connectivity index (χ4v) is 3.10. The van der Waals surface area contributed by atoms with Gasteiger partial charge in [-0.25, -0.2) is 0 Å². The van der Waals surface area contributed by atoms with E-state index in [1.165, 1.54) is 31.5 Å². The first-order chi connectivity index (χ1) is 9.74. The van der Waals surface area contributed by atoms with Crippen molar-refractivity contribution in [2.75, 3.05) is 38.2 Å². The highest BCUT2D eigenvalue weighted by Crippen LogP contribution is 2.11. The van der Waals surface area contributed by atoms with Crippen LogP contribution in [-0.2, 0) is 17.2 Å². The van der Waals surface area contributed by atoms with Crippen molar-refractivity contribution < 1.29 is 4.21 Å². The van der Waals surface area contributed by atoms with E-state index in [1.807, 2.05) is 0 Å². The summed E-state index contributed by atoms with van der Waals surface area (Å²) < 4.78 is 11.0. The van der Waals surface area contributed by atoms with Crippen molar-refractivity contribution in [3.05, 3.63) is 35.9 Å². The lowest BCUT2D eigenvalue weighted by Crippen LogP contribution is -2.44. The van der Waals surface area contributed by atoms with Crippen LogP contribution in [0.4, 0.5) is 0 Å². The molecule has 1 saturated heterocycles. The number of piperidine rings is 1. The summed E-state index contributed by atoms with van der Waals surface area (Å²) in [6.45, 7) is 4.41. The van der Waals surface area contributed by atoms with Crippen molar-refractivity contribution >= 4 is 10.8 Å². The second kappa shape index (κ2) is 8.55. The van der Waals surface area contributed by atoms with Gasteiger partial charge in [0.25, 0.3) is 0 Å². The molecule has 1 fully saturated rings. The second-order valence-corrected chi connectivity index (χ2v) is 7.14. The van der Waals surface area contributed by atoms with Crippen LogP contribution < -0.4 is 5.32 Å². The number of likely N-dealkylation sites (tertiary alicyclic amines) is 1. The van der Waals surface area contributed by atoms with Crippen LogP contribution in [0.15, 0.2) is 30.3 Å². The highest BCUT2D eigenvalue weighted by molar-refractivity contribution is 7.84. The van der Waals surface area contributed by atoms with Crippen LogP contribution in [0.3, 0.4) is 0 Å². The molecule has 0 radical (unpaired) electrons. The van der Waals surface area contributed by atoms with E-state index in [2.05, 4.69) is 40.5 Å². The van der Waals surface area contributed by atoms with Gasteiger partial charge < -0.3 is 10.2 Å². The highest BCUT2D eigenvalue weighted by atomic mass is 32.2.